The summed E-state index contributed by atoms with van der Waals surface area (Å²) >= 11 is 0.987. The van der Waals surface area contributed by atoms with Gasteiger partial charge in [-0.25, -0.2) is 0 Å². The molecule has 0 fully saturated rings. The Labute approximate surface area is 109 Å². The summed E-state index contributed by atoms with van der Waals surface area (Å²) in [6, 6.07) is 3.31. The van der Waals surface area contributed by atoms with E-state index in [1.165, 1.54) is 0 Å². The van der Waals surface area contributed by atoms with Crippen LogP contribution in [0.15, 0.2) is 15.6 Å². The van der Waals surface area contributed by atoms with Crippen molar-refractivity contribution < 1.29 is 39.0 Å². The second-order valence-corrected chi connectivity index (χ2v) is 3.90. The van der Waals surface area contributed by atoms with E-state index in [9.17, 15) is 4.79 Å². The third-order valence-electron chi connectivity index (χ3n) is 2.32. The van der Waals surface area contributed by atoms with Crippen LogP contribution in [0.1, 0.15) is 12.5 Å². The molecule has 2 rings (SSSR count). The topological polar surface area (TPSA) is 68.1 Å². The minimum atomic E-state index is -1.04. The van der Waals surface area contributed by atoms with Gasteiger partial charge in [0.15, 0.2) is 0 Å². The molecule has 0 radical (unpaired) electrons. The van der Waals surface area contributed by atoms with Gasteiger partial charge in [0.05, 0.1) is 0 Å². The Morgan fingerprint density at radius 1 is 1.47 bits per heavy atom. The van der Waals surface area contributed by atoms with E-state index >= 15 is 0 Å². The molecular weight excluding hydrogens is 394 g/mol. The van der Waals surface area contributed by atoms with E-state index < -0.39 is 5.97 Å². The molecule has 17 heavy (non-hydrogen) atoms. The maximum atomic E-state index is 11.1. The molecule has 1 aromatic rings. The number of rotatable bonds is 3. The molecule has 0 atom stereocenters. The fourth-order valence-electron chi connectivity index (χ4n) is 1.56. The molecule has 0 aliphatic carbocycles. The van der Waals surface area contributed by atoms with Crippen molar-refractivity contribution >= 4 is 17.2 Å². The molecule has 1 N–H and O–H groups in total. The zero-order valence-electron chi connectivity index (χ0n) is 8.89. The van der Waals surface area contributed by atoms with E-state index in [4.69, 9.17) is 14.6 Å². The van der Waals surface area contributed by atoms with Gasteiger partial charge < -0.3 is 0 Å². The van der Waals surface area contributed by atoms with Gasteiger partial charge in [0.1, 0.15) is 0 Å². The first-order valence-electron chi connectivity index (χ1n) is 4.72. The van der Waals surface area contributed by atoms with Crippen molar-refractivity contribution in [3.63, 3.8) is 0 Å². The van der Waals surface area contributed by atoms with Gasteiger partial charge in [0.25, 0.3) is 0 Å². The normalized spacial score (nSPS) is 13.6. The van der Waals surface area contributed by atoms with Crippen LogP contribution in [0.3, 0.4) is 0 Å². The van der Waals surface area contributed by atoms with Crippen molar-refractivity contribution in [2.24, 2.45) is 3.50 Å². The summed E-state index contributed by atoms with van der Waals surface area (Å²) in [4.78, 5) is 11.1. The molecule has 1 aromatic carbocycles. The average molecular weight is 402 g/mol. The fourth-order valence-corrected chi connectivity index (χ4v) is 2.11. The van der Waals surface area contributed by atoms with E-state index in [1.54, 1.807) is 19.1 Å². The number of carbonyl (C=O) groups is 1. The average Bonchev–Trinajstić information content (AvgIpc) is 2.75. The van der Waals surface area contributed by atoms with Crippen LogP contribution in [0.4, 0.5) is 5.69 Å². The third kappa shape index (κ3) is 2.15. The van der Waals surface area contributed by atoms with Crippen molar-refractivity contribution in [2.75, 3.05) is 6.79 Å². The predicted octanol–water partition coefficient (Wildman–Crippen LogP) is 2.07. The summed E-state index contributed by atoms with van der Waals surface area (Å²) < 4.78 is 14.6. The third-order valence-corrected chi connectivity index (χ3v) is 3.03. The van der Waals surface area contributed by atoms with Gasteiger partial charge in [-0.1, -0.05) is 0 Å². The number of benzene rings is 1. The van der Waals surface area contributed by atoms with Crippen molar-refractivity contribution in [3.05, 3.63) is 23.8 Å². The summed E-state index contributed by atoms with van der Waals surface area (Å²) in [5.41, 5.74) is 1.17. The number of aliphatic carboxylic acids is 1. The summed E-state index contributed by atoms with van der Waals surface area (Å²) in [5.74, 6) is 0.0947. The SMILES string of the molecule is C[C-]=C(C(=O)O)c1cc2c(cc1[N]=[W])OCO2. The van der Waals surface area contributed by atoms with Gasteiger partial charge in [-0.15, -0.1) is 0 Å². The first kappa shape index (κ1) is 12.0. The number of fused-ring (bicyclic) bond motifs is 1. The molecule has 0 aromatic heterocycles. The van der Waals surface area contributed by atoms with Crippen molar-refractivity contribution in [2.45, 2.75) is 6.92 Å². The van der Waals surface area contributed by atoms with Crippen LogP contribution in [0.2, 0.25) is 0 Å². The number of hydrogen-bond acceptors (Lipinski definition) is 4. The second kappa shape index (κ2) is 4.80. The first-order chi connectivity index (χ1) is 8.17. The predicted molar refractivity (Wildman–Crippen MR) is 54.6 cm³/mol. The van der Waals surface area contributed by atoms with Crippen LogP contribution >= 0.6 is 0 Å². The Bertz CT molecular complexity index is 524. The summed E-state index contributed by atoms with van der Waals surface area (Å²) in [7, 11) is 0. The van der Waals surface area contributed by atoms with Crippen molar-refractivity contribution in [3.8, 4) is 11.5 Å². The summed E-state index contributed by atoms with van der Waals surface area (Å²) in [6.07, 6.45) is 2.65. The zero-order chi connectivity index (χ0) is 12.4. The maximum absolute atomic E-state index is 11.1. The number of carboxylic acid groups (broad SMARTS) is 1. The summed E-state index contributed by atoms with van der Waals surface area (Å²) in [5, 5.41) is 9.09. The van der Waals surface area contributed by atoms with Gasteiger partial charge in [0, 0.05) is 0 Å². The molecule has 0 saturated heterocycles. The van der Waals surface area contributed by atoms with Gasteiger partial charge >= 0.3 is 109 Å². The molecule has 6 heteroatoms. The molecule has 0 unspecified atom stereocenters. The molecule has 1 aliphatic heterocycles. The Kier molecular flexibility index (Phi) is 3.38. The zero-order valence-corrected chi connectivity index (χ0v) is 11.8. The van der Waals surface area contributed by atoms with Crippen LogP contribution in [0.5, 0.6) is 11.5 Å². The van der Waals surface area contributed by atoms with Crippen LogP contribution in [0.25, 0.3) is 5.57 Å². The van der Waals surface area contributed by atoms with Gasteiger partial charge in [-0.05, 0) is 0 Å². The van der Waals surface area contributed by atoms with Crippen LogP contribution in [0, 0.1) is 6.08 Å². The van der Waals surface area contributed by atoms with E-state index in [0.29, 0.717) is 22.7 Å². The molecule has 1 heterocycles. The van der Waals surface area contributed by atoms with Crippen molar-refractivity contribution in [1.82, 2.24) is 0 Å². The van der Waals surface area contributed by atoms with E-state index in [0.717, 1.165) is 19.6 Å². The fraction of sp³-hybridized carbons (Fsp3) is 0.182. The molecule has 0 amide bonds. The standard InChI is InChI=1S/C11H8NO4.W/c1-2-6(11(13)14)7-3-9-10(4-8(7)12)16-5-15-9;/h3-4H,5H2,1H3,(H,13,14);/q-1;. The number of carboxylic acids is 1. The van der Waals surface area contributed by atoms with E-state index in [2.05, 4.69) is 9.57 Å². The Morgan fingerprint density at radius 3 is 2.65 bits per heavy atom. The Hall–Kier alpha value is -1.48. The second-order valence-electron chi connectivity index (χ2n) is 3.24. The molecule has 88 valence electrons. The minimum absolute atomic E-state index is 0.0864. The molecule has 5 nitrogen and oxygen atoms in total. The van der Waals surface area contributed by atoms with Crippen LogP contribution in [-0.4, -0.2) is 17.9 Å². The monoisotopic (exact) mass is 402 g/mol. The first-order valence-corrected chi connectivity index (χ1v) is 6.04. The van der Waals surface area contributed by atoms with Crippen molar-refractivity contribution in [1.29, 1.82) is 0 Å². The van der Waals surface area contributed by atoms with E-state index in [-0.39, 0.29) is 12.4 Å². The Morgan fingerprint density at radius 2 is 2.12 bits per heavy atom. The molecular formula is C11H8NO4W-. The molecule has 0 bridgehead atoms. The van der Waals surface area contributed by atoms with Crippen LogP contribution in [-0.2, 0) is 24.4 Å². The molecule has 0 saturated carbocycles. The number of nitrogens with zero attached hydrogens (tertiary/aromatic N) is 1. The quantitative estimate of drug-likeness (QED) is 0.621. The number of ether oxygens (including phenoxy) is 2. The number of allylic oxidation sites excluding steroid dienone is 1. The van der Waals surface area contributed by atoms with E-state index in [1.807, 2.05) is 0 Å². The number of hydrogen-bond donors (Lipinski definition) is 1. The summed E-state index contributed by atoms with van der Waals surface area (Å²) in [6.45, 7) is 1.71. The van der Waals surface area contributed by atoms with Crippen LogP contribution < -0.4 is 9.47 Å². The van der Waals surface area contributed by atoms with Gasteiger partial charge in [0.2, 0.25) is 0 Å². The van der Waals surface area contributed by atoms with Gasteiger partial charge in [-0.2, -0.15) is 0 Å². The molecule has 1 aliphatic rings. The Balaban J connectivity index is 2.60. The van der Waals surface area contributed by atoms with Gasteiger partial charge in [-0.3, -0.25) is 0 Å². The molecule has 0 spiro atoms.